The molecule has 0 saturated carbocycles. The van der Waals surface area contributed by atoms with Gasteiger partial charge in [0.25, 0.3) is 0 Å². The Balaban J connectivity index is 2.08. The van der Waals surface area contributed by atoms with Crippen molar-refractivity contribution < 1.29 is 19.1 Å². The van der Waals surface area contributed by atoms with Gasteiger partial charge in [-0.3, -0.25) is 0 Å². The lowest BCUT2D eigenvalue weighted by Crippen LogP contribution is -2.40. The summed E-state index contributed by atoms with van der Waals surface area (Å²) in [6, 6.07) is 9.15. The topological polar surface area (TPSA) is 67.9 Å². The number of rotatable bonds is 4. The van der Waals surface area contributed by atoms with E-state index in [1.54, 1.807) is 4.90 Å². The highest BCUT2D eigenvalue weighted by Crippen LogP contribution is 2.18. The van der Waals surface area contributed by atoms with Gasteiger partial charge in [0.1, 0.15) is 12.2 Å². The average molecular weight is 306 g/mol. The summed E-state index contributed by atoms with van der Waals surface area (Å²) in [6.07, 6.45) is -0.860. The number of nitrogens with zero attached hydrogens (tertiary/aromatic N) is 1. The van der Waals surface area contributed by atoms with Crippen LogP contribution in [0.5, 0.6) is 0 Å². The van der Waals surface area contributed by atoms with Gasteiger partial charge in [-0.25, -0.2) is 9.59 Å². The molecule has 0 aliphatic carbocycles. The number of benzene rings is 1. The Kier molecular flexibility index (Phi) is 4.90. The molecule has 6 heteroatoms. The summed E-state index contributed by atoms with van der Waals surface area (Å²) in [6.45, 7) is 6.68. The Morgan fingerprint density at radius 3 is 2.59 bits per heavy atom. The Morgan fingerprint density at radius 2 is 2.05 bits per heavy atom. The first-order valence-corrected chi connectivity index (χ1v) is 7.31. The lowest BCUT2D eigenvalue weighted by atomic mass is 10.1. The van der Waals surface area contributed by atoms with Crippen molar-refractivity contribution in [2.45, 2.75) is 32.4 Å². The lowest BCUT2D eigenvalue weighted by Gasteiger charge is -2.26. The molecule has 2 rings (SSSR count). The third-order valence-electron chi connectivity index (χ3n) is 3.14. The Hall–Kier alpha value is -2.24. The number of carbonyl (C=O) groups excluding carboxylic acids is 2. The molecule has 0 bridgehead atoms. The molecule has 2 amide bonds. The van der Waals surface area contributed by atoms with Gasteiger partial charge in [0, 0.05) is 6.54 Å². The van der Waals surface area contributed by atoms with Crippen molar-refractivity contribution in [3.8, 4) is 0 Å². The van der Waals surface area contributed by atoms with Crippen LogP contribution in [0, 0.1) is 0 Å². The molecule has 1 unspecified atom stereocenters. The standard InChI is InChI=1S/C16H22N2O4/c1-16(2,3)22-14(19)17-13(12-7-5-4-6-8-12)11-18-9-10-21-15(18)20/h4-8,13H,9-11H2,1-3H3,(H,17,19). The third kappa shape index (κ3) is 4.65. The van der Waals surface area contributed by atoms with Crippen LogP contribution in [0.2, 0.25) is 0 Å². The Bertz CT molecular complexity index is 525. The van der Waals surface area contributed by atoms with E-state index in [-0.39, 0.29) is 12.1 Å². The number of hydrogen-bond acceptors (Lipinski definition) is 4. The van der Waals surface area contributed by atoms with Crippen LogP contribution in [0.15, 0.2) is 30.3 Å². The second kappa shape index (κ2) is 6.68. The minimum Gasteiger partial charge on any atom is -0.448 e. The Labute approximate surface area is 130 Å². The van der Waals surface area contributed by atoms with Crippen molar-refractivity contribution in [1.29, 1.82) is 0 Å². The summed E-state index contributed by atoms with van der Waals surface area (Å²) in [5.41, 5.74) is 0.339. The number of carbonyl (C=O) groups is 2. The highest BCUT2D eigenvalue weighted by Gasteiger charge is 2.28. The molecule has 120 valence electrons. The van der Waals surface area contributed by atoms with Crippen molar-refractivity contribution in [3.05, 3.63) is 35.9 Å². The van der Waals surface area contributed by atoms with Gasteiger partial charge in [0.05, 0.1) is 12.6 Å². The molecule has 1 aliphatic heterocycles. The summed E-state index contributed by atoms with van der Waals surface area (Å²) in [7, 11) is 0. The smallest absolute Gasteiger partial charge is 0.410 e. The summed E-state index contributed by atoms with van der Waals surface area (Å²) >= 11 is 0. The number of cyclic esters (lactones) is 1. The predicted octanol–water partition coefficient (Wildman–Crippen LogP) is 2.70. The third-order valence-corrected chi connectivity index (χ3v) is 3.14. The molecule has 1 aromatic rings. The van der Waals surface area contributed by atoms with Gasteiger partial charge < -0.3 is 19.7 Å². The fourth-order valence-corrected chi connectivity index (χ4v) is 2.18. The molecule has 0 spiro atoms. The molecule has 1 aliphatic rings. The van der Waals surface area contributed by atoms with E-state index in [2.05, 4.69) is 5.32 Å². The zero-order valence-electron chi connectivity index (χ0n) is 13.2. The summed E-state index contributed by atoms with van der Waals surface area (Å²) in [4.78, 5) is 25.2. The van der Waals surface area contributed by atoms with E-state index in [1.165, 1.54) is 0 Å². The molecule has 22 heavy (non-hydrogen) atoms. The molecule has 1 atom stereocenters. The van der Waals surface area contributed by atoms with Gasteiger partial charge in [-0.1, -0.05) is 30.3 Å². The number of alkyl carbamates (subject to hydrolysis) is 1. The largest absolute Gasteiger partial charge is 0.448 e. The first-order chi connectivity index (χ1) is 10.3. The molecule has 1 saturated heterocycles. The van der Waals surface area contributed by atoms with Crippen LogP contribution in [0.4, 0.5) is 9.59 Å². The maximum absolute atomic E-state index is 12.0. The van der Waals surface area contributed by atoms with E-state index in [0.29, 0.717) is 19.7 Å². The van der Waals surface area contributed by atoms with Crippen molar-refractivity contribution in [3.63, 3.8) is 0 Å². The molecule has 1 fully saturated rings. The molecule has 0 aromatic heterocycles. The van der Waals surface area contributed by atoms with Crippen molar-refractivity contribution in [2.75, 3.05) is 19.7 Å². The van der Waals surface area contributed by atoms with E-state index in [0.717, 1.165) is 5.56 Å². The quantitative estimate of drug-likeness (QED) is 0.928. The van der Waals surface area contributed by atoms with E-state index >= 15 is 0 Å². The van der Waals surface area contributed by atoms with Crippen LogP contribution in [0.25, 0.3) is 0 Å². The van der Waals surface area contributed by atoms with Crippen LogP contribution in [0.1, 0.15) is 32.4 Å². The van der Waals surface area contributed by atoms with Gasteiger partial charge in [-0.2, -0.15) is 0 Å². The van der Waals surface area contributed by atoms with Crippen LogP contribution >= 0.6 is 0 Å². The van der Waals surface area contributed by atoms with Crippen molar-refractivity contribution in [1.82, 2.24) is 10.2 Å². The first kappa shape index (κ1) is 16.1. The normalized spacial score (nSPS) is 16.1. The molecule has 1 heterocycles. The summed E-state index contributed by atoms with van der Waals surface area (Å²) in [5.74, 6) is 0. The molecular weight excluding hydrogens is 284 g/mol. The first-order valence-electron chi connectivity index (χ1n) is 7.31. The van der Waals surface area contributed by atoms with E-state index < -0.39 is 11.7 Å². The molecular formula is C16H22N2O4. The predicted molar refractivity (Wildman–Crippen MR) is 81.5 cm³/mol. The average Bonchev–Trinajstić information content (AvgIpc) is 2.82. The monoisotopic (exact) mass is 306 g/mol. The fourth-order valence-electron chi connectivity index (χ4n) is 2.18. The van der Waals surface area contributed by atoms with Gasteiger partial charge in [0.15, 0.2) is 0 Å². The van der Waals surface area contributed by atoms with E-state index in [1.807, 2.05) is 51.1 Å². The van der Waals surface area contributed by atoms with Gasteiger partial charge in [-0.15, -0.1) is 0 Å². The number of hydrogen-bond donors (Lipinski definition) is 1. The van der Waals surface area contributed by atoms with Crippen molar-refractivity contribution in [2.24, 2.45) is 0 Å². The lowest BCUT2D eigenvalue weighted by molar-refractivity contribution is 0.0494. The fraction of sp³-hybridized carbons (Fsp3) is 0.500. The second-order valence-corrected chi connectivity index (χ2v) is 6.17. The molecule has 0 radical (unpaired) electrons. The van der Waals surface area contributed by atoms with Crippen LogP contribution in [-0.2, 0) is 9.47 Å². The summed E-state index contributed by atoms with van der Waals surface area (Å²) in [5, 5.41) is 2.83. The Morgan fingerprint density at radius 1 is 1.36 bits per heavy atom. The van der Waals surface area contributed by atoms with Gasteiger partial charge in [-0.05, 0) is 26.3 Å². The minimum atomic E-state index is -0.572. The van der Waals surface area contributed by atoms with Gasteiger partial charge >= 0.3 is 12.2 Å². The molecule has 1 N–H and O–H groups in total. The zero-order valence-corrected chi connectivity index (χ0v) is 13.2. The maximum Gasteiger partial charge on any atom is 0.410 e. The van der Waals surface area contributed by atoms with E-state index in [9.17, 15) is 9.59 Å². The molecule has 6 nitrogen and oxygen atoms in total. The number of ether oxygens (including phenoxy) is 2. The van der Waals surface area contributed by atoms with Crippen molar-refractivity contribution >= 4 is 12.2 Å². The SMILES string of the molecule is CC(C)(C)OC(=O)NC(CN1CCOC1=O)c1ccccc1. The maximum atomic E-state index is 12.0. The van der Waals surface area contributed by atoms with Gasteiger partial charge in [0.2, 0.25) is 0 Å². The van der Waals surface area contributed by atoms with Crippen LogP contribution in [-0.4, -0.2) is 42.4 Å². The van der Waals surface area contributed by atoms with E-state index in [4.69, 9.17) is 9.47 Å². The van der Waals surface area contributed by atoms with Crippen LogP contribution in [0.3, 0.4) is 0 Å². The highest BCUT2D eigenvalue weighted by molar-refractivity contribution is 5.70. The number of nitrogens with one attached hydrogen (secondary N) is 1. The second-order valence-electron chi connectivity index (χ2n) is 6.17. The minimum absolute atomic E-state index is 0.346. The highest BCUT2D eigenvalue weighted by atomic mass is 16.6. The molecule has 1 aromatic carbocycles. The number of amides is 2. The van der Waals surface area contributed by atoms with Crippen LogP contribution < -0.4 is 5.32 Å². The zero-order chi connectivity index (χ0) is 16.2. The summed E-state index contributed by atoms with van der Waals surface area (Å²) < 4.78 is 10.2.